The van der Waals surface area contributed by atoms with Gasteiger partial charge in [0.1, 0.15) is 5.15 Å². The van der Waals surface area contributed by atoms with Crippen LogP contribution >= 0.6 is 23.2 Å². The minimum atomic E-state index is -2.35. The van der Waals surface area contributed by atoms with Gasteiger partial charge in [0, 0.05) is 23.3 Å². The molecule has 1 aromatic heterocycles. The highest BCUT2D eigenvalue weighted by Crippen LogP contribution is 2.19. The highest BCUT2D eigenvalue weighted by molar-refractivity contribution is 6.34. The average Bonchev–Trinajstić information content (AvgIpc) is 2.08. The lowest BCUT2D eigenvalue weighted by molar-refractivity contribution is 0.0975. The van der Waals surface area contributed by atoms with Crippen molar-refractivity contribution in [2.24, 2.45) is 0 Å². The van der Waals surface area contributed by atoms with E-state index in [1.54, 1.807) is 7.05 Å². The molecule has 1 rings (SSSR count). The van der Waals surface area contributed by atoms with E-state index in [9.17, 15) is 8.78 Å². The first-order valence-corrected chi connectivity index (χ1v) is 5.01. The molecule has 0 aliphatic rings. The molecule has 15 heavy (non-hydrogen) atoms. The number of alkyl halides is 2. The van der Waals surface area contributed by atoms with Crippen molar-refractivity contribution in [1.29, 1.82) is 0 Å². The maximum absolute atomic E-state index is 12.0. The molecule has 2 nitrogen and oxygen atoms in total. The van der Waals surface area contributed by atoms with Gasteiger partial charge < -0.3 is 0 Å². The van der Waals surface area contributed by atoms with Crippen LogP contribution in [0.4, 0.5) is 8.78 Å². The van der Waals surface area contributed by atoms with E-state index < -0.39 is 6.43 Å². The predicted molar refractivity (Wildman–Crippen MR) is 56.6 cm³/mol. The summed E-state index contributed by atoms with van der Waals surface area (Å²) in [5.74, 6) is 0. The van der Waals surface area contributed by atoms with Gasteiger partial charge in [0.2, 0.25) is 0 Å². The van der Waals surface area contributed by atoms with Gasteiger partial charge in [-0.3, -0.25) is 4.90 Å². The van der Waals surface area contributed by atoms with Crippen molar-refractivity contribution in [1.82, 2.24) is 9.88 Å². The molecule has 1 heterocycles. The summed E-state index contributed by atoms with van der Waals surface area (Å²) in [5.41, 5.74) is 0.684. The Balaban J connectivity index is 2.64. The van der Waals surface area contributed by atoms with Crippen LogP contribution in [0.2, 0.25) is 10.2 Å². The first kappa shape index (κ1) is 12.6. The third-order valence-corrected chi connectivity index (χ3v) is 2.34. The Morgan fingerprint density at radius 2 is 2.13 bits per heavy atom. The van der Waals surface area contributed by atoms with E-state index in [0.717, 1.165) is 0 Å². The van der Waals surface area contributed by atoms with Crippen molar-refractivity contribution in [2.45, 2.75) is 13.0 Å². The van der Waals surface area contributed by atoms with Gasteiger partial charge in [0.25, 0.3) is 6.43 Å². The Morgan fingerprint density at radius 1 is 1.47 bits per heavy atom. The van der Waals surface area contributed by atoms with Crippen LogP contribution in [0.5, 0.6) is 0 Å². The lowest BCUT2D eigenvalue weighted by atomic mass is 10.2. The maximum atomic E-state index is 12.0. The Bertz CT molecular complexity index is 334. The van der Waals surface area contributed by atoms with Crippen LogP contribution in [0.25, 0.3) is 0 Å². The lowest BCUT2D eigenvalue weighted by Gasteiger charge is -2.16. The van der Waals surface area contributed by atoms with Crippen molar-refractivity contribution in [3.8, 4) is 0 Å². The number of pyridine rings is 1. The van der Waals surface area contributed by atoms with Gasteiger partial charge in [-0.15, -0.1) is 0 Å². The standard InChI is InChI=1S/C9H10Cl2F2N2/c1-15(5-9(12)13)4-6-3-14-8(11)2-7(6)10/h2-3,9H,4-5H2,1H3. The molecule has 0 N–H and O–H groups in total. The second-order valence-electron chi connectivity index (χ2n) is 3.19. The second-order valence-corrected chi connectivity index (χ2v) is 3.98. The second kappa shape index (κ2) is 5.58. The van der Waals surface area contributed by atoms with Crippen LogP contribution in [0.1, 0.15) is 5.56 Å². The summed E-state index contributed by atoms with van der Waals surface area (Å²) in [6.45, 7) is 0.0340. The maximum Gasteiger partial charge on any atom is 0.251 e. The zero-order chi connectivity index (χ0) is 11.4. The van der Waals surface area contributed by atoms with Crippen LogP contribution in [0.15, 0.2) is 12.3 Å². The van der Waals surface area contributed by atoms with Crippen molar-refractivity contribution < 1.29 is 8.78 Å². The molecule has 0 atom stereocenters. The third-order valence-electron chi connectivity index (χ3n) is 1.79. The smallest absolute Gasteiger partial charge is 0.251 e. The molecule has 0 bridgehead atoms. The molecule has 0 aliphatic carbocycles. The number of aromatic nitrogens is 1. The van der Waals surface area contributed by atoms with Gasteiger partial charge in [-0.1, -0.05) is 23.2 Å². The molecule has 1 aromatic rings. The van der Waals surface area contributed by atoms with E-state index in [4.69, 9.17) is 23.2 Å². The molecule has 0 amide bonds. The number of hydrogen-bond donors (Lipinski definition) is 0. The van der Waals surface area contributed by atoms with Crippen LogP contribution < -0.4 is 0 Å². The fraction of sp³-hybridized carbons (Fsp3) is 0.444. The lowest BCUT2D eigenvalue weighted by Crippen LogP contribution is -2.24. The zero-order valence-electron chi connectivity index (χ0n) is 8.05. The molecule has 0 spiro atoms. The summed E-state index contributed by atoms with van der Waals surface area (Å²) < 4.78 is 24.1. The van der Waals surface area contributed by atoms with Crippen molar-refractivity contribution in [3.05, 3.63) is 28.0 Å². The van der Waals surface area contributed by atoms with Gasteiger partial charge in [-0.05, 0) is 13.1 Å². The SMILES string of the molecule is CN(Cc1cnc(Cl)cc1Cl)CC(F)F. The van der Waals surface area contributed by atoms with Gasteiger partial charge in [0.05, 0.1) is 6.54 Å². The van der Waals surface area contributed by atoms with E-state index in [0.29, 0.717) is 22.3 Å². The Kier molecular flexibility index (Phi) is 4.70. The summed E-state index contributed by atoms with van der Waals surface area (Å²) in [7, 11) is 1.59. The fourth-order valence-electron chi connectivity index (χ4n) is 1.14. The van der Waals surface area contributed by atoms with E-state index in [-0.39, 0.29) is 6.54 Å². The minimum Gasteiger partial charge on any atom is -0.296 e. The Morgan fingerprint density at radius 3 is 2.67 bits per heavy atom. The first-order valence-electron chi connectivity index (χ1n) is 4.25. The summed E-state index contributed by atoms with van der Waals surface area (Å²) >= 11 is 11.5. The topological polar surface area (TPSA) is 16.1 Å². The highest BCUT2D eigenvalue weighted by Gasteiger charge is 2.10. The fourth-order valence-corrected chi connectivity index (χ4v) is 1.57. The predicted octanol–water partition coefficient (Wildman–Crippen LogP) is 3.09. The zero-order valence-corrected chi connectivity index (χ0v) is 9.56. The Hall–Kier alpha value is -0.450. The van der Waals surface area contributed by atoms with E-state index in [2.05, 4.69) is 4.98 Å². The number of nitrogens with zero attached hydrogens (tertiary/aromatic N) is 2. The molecule has 0 aromatic carbocycles. The number of halogens is 4. The highest BCUT2D eigenvalue weighted by atomic mass is 35.5. The molecule has 0 fully saturated rings. The average molecular weight is 255 g/mol. The first-order chi connectivity index (χ1) is 6.99. The molecule has 0 radical (unpaired) electrons. The minimum absolute atomic E-state index is 0.292. The monoisotopic (exact) mass is 254 g/mol. The number of hydrogen-bond acceptors (Lipinski definition) is 2. The Labute approximate surface area is 96.8 Å². The van der Waals surface area contributed by atoms with Gasteiger partial charge in [0.15, 0.2) is 0 Å². The van der Waals surface area contributed by atoms with Crippen molar-refractivity contribution >= 4 is 23.2 Å². The molecule has 0 unspecified atom stereocenters. The summed E-state index contributed by atoms with van der Waals surface area (Å²) in [6.07, 6.45) is -0.860. The molecule has 0 saturated carbocycles. The van der Waals surface area contributed by atoms with Crippen LogP contribution in [-0.4, -0.2) is 29.9 Å². The molecule has 6 heteroatoms. The van der Waals surface area contributed by atoms with Crippen LogP contribution in [0, 0.1) is 0 Å². The van der Waals surface area contributed by atoms with Crippen molar-refractivity contribution in [3.63, 3.8) is 0 Å². The summed E-state index contributed by atoms with van der Waals surface area (Å²) in [5, 5.41) is 0.733. The van der Waals surface area contributed by atoms with E-state index in [1.807, 2.05) is 0 Å². The largest absolute Gasteiger partial charge is 0.296 e. The molecule has 0 saturated heterocycles. The number of rotatable bonds is 4. The van der Waals surface area contributed by atoms with Gasteiger partial charge in [-0.25, -0.2) is 13.8 Å². The third kappa shape index (κ3) is 4.28. The van der Waals surface area contributed by atoms with Crippen LogP contribution in [0.3, 0.4) is 0 Å². The quantitative estimate of drug-likeness (QED) is 0.768. The summed E-state index contributed by atoms with van der Waals surface area (Å²) in [6, 6.07) is 1.49. The normalized spacial score (nSPS) is 11.4. The van der Waals surface area contributed by atoms with Crippen LogP contribution in [-0.2, 0) is 6.54 Å². The molecule has 84 valence electrons. The van der Waals surface area contributed by atoms with E-state index >= 15 is 0 Å². The van der Waals surface area contributed by atoms with E-state index in [1.165, 1.54) is 17.2 Å². The van der Waals surface area contributed by atoms with Gasteiger partial charge in [-0.2, -0.15) is 0 Å². The van der Waals surface area contributed by atoms with Gasteiger partial charge >= 0.3 is 0 Å². The molecular formula is C9H10Cl2F2N2. The molecular weight excluding hydrogens is 245 g/mol. The molecule has 0 aliphatic heterocycles. The summed E-state index contributed by atoms with van der Waals surface area (Å²) in [4.78, 5) is 5.31. The van der Waals surface area contributed by atoms with Crippen molar-refractivity contribution in [2.75, 3.05) is 13.6 Å².